The van der Waals surface area contributed by atoms with Gasteiger partial charge < -0.3 is 15.9 Å². The molecule has 9 N–H and O–H groups in total. The van der Waals surface area contributed by atoms with E-state index in [0.717, 1.165) is 53.1 Å². The van der Waals surface area contributed by atoms with E-state index in [-0.39, 0.29) is 80.0 Å². The van der Waals surface area contributed by atoms with Crippen LogP contribution in [0.4, 0.5) is 45.5 Å². The van der Waals surface area contributed by atoms with Gasteiger partial charge in [0.05, 0.1) is 61.5 Å². The summed E-state index contributed by atoms with van der Waals surface area (Å²) in [5.74, 6) is -2.22. The fraction of sp³-hybridized carbons (Fsp3) is 0.128. The monoisotopic (exact) mass is 1150 g/mol. The van der Waals surface area contributed by atoms with Crippen LogP contribution in [0.3, 0.4) is 0 Å². The van der Waals surface area contributed by atoms with Crippen molar-refractivity contribution in [1.29, 1.82) is 5.26 Å². The molecule has 5 aromatic carbocycles. The fourth-order valence-corrected chi connectivity index (χ4v) is 10.9. The molecule has 0 amide bonds. The molecule has 0 aliphatic heterocycles. The molecule has 0 fully saturated rings. The molecule has 0 atom stereocenters. The number of phenolic OH excluding ortho intramolecular Hbond substituents is 1. The second-order valence-corrected chi connectivity index (χ2v) is 22.4. The molecule has 6 aromatic rings. The second-order valence-electron chi connectivity index (χ2n) is 14.5. The quantitative estimate of drug-likeness (QED) is 0.00608. The Morgan fingerprint density at radius 2 is 1.33 bits per heavy atom. The van der Waals surface area contributed by atoms with Crippen molar-refractivity contribution in [3.8, 4) is 17.7 Å². The lowest BCUT2D eigenvalue weighted by molar-refractivity contribution is -0.434. The SMILES string of the molecule is CCn1c(O)c(/N=N/c2ccc(NS(=O)(=O)c3ccc(/N=N/c4c(S(=O)(=O)O)cc5cc(SOOO)c(/N=N/c6ccc(S(=O)(=O)CCOSOOO)cc6S(=O)(=O)O)c(O)c5c4N)cc3)cc2)c(C)c(C#N)c1=O. The van der Waals surface area contributed by atoms with Gasteiger partial charge in [0.1, 0.15) is 38.5 Å². The van der Waals surface area contributed by atoms with Gasteiger partial charge >= 0.3 is 0 Å². The molecule has 0 unspecified atom stereocenters. The maximum atomic E-state index is 13.3. The summed E-state index contributed by atoms with van der Waals surface area (Å²) in [5.41, 5.74) is 2.79. The lowest BCUT2D eigenvalue weighted by Gasteiger charge is -2.14. The average molecular weight is 1160 g/mol. The predicted molar refractivity (Wildman–Crippen MR) is 261 cm³/mol. The van der Waals surface area contributed by atoms with E-state index in [1.54, 1.807) is 13.0 Å². The third-order valence-corrected chi connectivity index (χ3v) is 15.8. The van der Waals surface area contributed by atoms with Crippen molar-refractivity contribution < 1.29 is 86.4 Å². The molecule has 1 aromatic heterocycles. The number of benzene rings is 5. The molecular weight excluding hydrogens is 1120 g/mol. The molecular formula is C39H34N10O20S6. The maximum absolute atomic E-state index is 13.3. The van der Waals surface area contributed by atoms with Crippen molar-refractivity contribution in [3.63, 3.8) is 0 Å². The van der Waals surface area contributed by atoms with Crippen LogP contribution in [-0.2, 0) is 69.6 Å². The summed E-state index contributed by atoms with van der Waals surface area (Å²) in [7, 11) is -19.1. The number of rotatable bonds is 22. The maximum Gasteiger partial charge on any atom is 0.296 e. The van der Waals surface area contributed by atoms with Crippen molar-refractivity contribution in [2.75, 3.05) is 22.8 Å². The fourth-order valence-electron chi connectivity index (χ4n) is 6.50. The molecule has 0 spiro atoms. The number of nitrogens with zero attached hydrogens (tertiary/aromatic N) is 8. The molecule has 0 saturated carbocycles. The van der Waals surface area contributed by atoms with Crippen molar-refractivity contribution in [3.05, 3.63) is 100 Å². The highest BCUT2D eigenvalue weighted by Crippen LogP contribution is 2.50. The summed E-state index contributed by atoms with van der Waals surface area (Å²) >= 11 is 0.205. The van der Waals surface area contributed by atoms with Gasteiger partial charge in [0, 0.05) is 17.8 Å². The second kappa shape index (κ2) is 23.6. The van der Waals surface area contributed by atoms with Gasteiger partial charge in [0.25, 0.3) is 35.8 Å². The van der Waals surface area contributed by atoms with Gasteiger partial charge in [-0.2, -0.15) is 32.3 Å². The van der Waals surface area contributed by atoms with E-state index >= 15 is 0 Å². The number of aromatic nitrogens is 1. The number of phenols is 1. The number of sulfone groups is 1. The highest BCUT2D eigenvalue weighted by Gasteiger charge is 2.27. The molecule has 0 aliphatic rings. The van der Waals surface area contributed by atoms with Crippen molar-refractivity contribution >= 4 is 121 Å². The van der Waals surface area contributed by atoms with Crippen molar-refractivity contribution in [1.82, 2.24) is 4.57 Å². The number of nitrogen functional groups attached to an aromatic ring is 1. The number of hydrogen-bond donors (Lipinski definition) is 8. The van der Waals surface area contributed by atoms with E-state index in [1.165, 1.54) is 31.2 Å². The smallest absolute Gasteiger partial charge is 0.296 e. The first-order valence-electron chi connectivity index (χ1n) is 20.1. The van der Waals surface area contributed by atoms with Crippen LogP contribution in [0.2, 0.25) is 0 Å². The zero-order valence-electron chi connectivity index (χ0n) is 37.6. The summed E-state index contributed by atoms with van der Waals surface area (Å²) in [6, 6.07) is 15.9. The standard InChI is InChI=1S/C39H34N10O20S6/c1-3-49-38(51)27(19-40)20(2)34(39(49)52)45-42-22-4-6-24(7-5-22)48-73(57,58)25-10-8-23(9-11-25)43-47-36-31(75(62,63)64)17-21-16-29(70-68-66-53)35(37(50)32(21)33(36)41)46-44-28-13-12-26(18-30(28)74(59,60)61)72(55,56)15-14-65-71-69-67-54/h4-13,16-18,48,50,52-54H,3,14-15,41H2,1-2H3,(H,59,60,61)(H,62,63,64)/b45-42+,46-44+,47-43+. The Hall–Kier alpha value is -7.06. The molecule has 396 valence electrons. The number of nitriles is 1. The highest BCUT2D eigenvalue weighted by atomic mass is 32.2. The van der Waals surface area contributed by atoms with E-state index in [9.17, 15) is 63.0 Å². The molecule has 75 heavy (non-hydrogen) atoms. The molecule has 0 bridgehead atoms. The van der Waals surface area contributed by atoms with Crippen LogP contribution in [-0.4, -0.2) is 80.4 Å². The van der Waals surface area contributed by atoms with Crippen molar-refractivity contribution in [2.24, 2.45) is 30.7 Å². The molecule has 36 heteroatoms. The zero-order valence-corrected chi connectivity index (χ0v) is 42.5. The Balaban J connectivity index is 1.29. The number of nitrogens with two attached hydrogens (primary N) is 1. The number of anilines is 2. The van der Waals surface area contributed by atoms with E-state index < -0.39 is 112 Å². The van der Waals surface area contributed by atoms with E-state index in [0.29, 0.717) is 6.07 Å². The number of azo groups is 3. The van der Waals surface area contributed by atoms with Gasteiger partial charge in [0.15, 0.2) is 33.6 Å². The minimum Gasteiger partial charge on any atom is -0.505 e. The van der Waals surface area contributed by atoms with Crippen LogP contribution < -0.4 is 16.0 Å². The Bertz CT molecular complexity index is 3860. The average Bonchev–Trinajstić information content (AvgIpc) is 3.35. The third kappa shape index (κ3) is 13.3. The molecule has 1 heterocycles. The highest BCUT2D eigenvalue weighted by molar-refractivity contribution is 7.94. The lowest BCUT2D eigenvalue weighted by atomic mass is 10.1. The van der Waals surface area contributed by atoms with Crippen molar-refractivity contribution in [2.45, 2.75) is 44.9 Å². The van der Waals surface area contributed by atoms with E-state index in [2.05, 4.69) is 54.2 Å². The Morgan fingerprint density at radius 1 is 0.747 bits per heavy atom. The van der Waals surface area contributed by atoms with Crippen LogP contribution in [0.1, 0.15) is 18.1 Å². The summed E-state index contributed by atoms with van der Waals surface area (Å²) in [4.78, 5) is 9.11. The summed E-state index contributed by atoms with van der Waals surface area (Å²) in [5, 5.41) is 78.2. The van der Waals surface area contributed by atoms with Crippen LogP contribution >= 0.6 is 24.4 Å². The molecule has 0 saturated heterocycles. The molecule has 6 rings (SSSR count). The summed E-state index contributed by atoms with van der Waals surface area (Å²) < 4.78 is 139. The number of hydrogen-bond acceptors (Lipinski definition) is 28. The Kier molecular flexibility index (Phi) is 18.0. The number of fused-ring (bicyclic) bond motifs is 1. The van der Waals surface area contributed by atoms with Gasteiger partial charge in [-0.15, -0.1) is 29.1 Å². The molecule has 0 aliphatic carbocycles. The number of pyridine rings is 1. The number of aromatic hydroxyl groups is 2. The van der Waals surface area contributed by atoms with Crippen LogP contribution in [0.5, 0.6) is 11.6 Å². The number of sulfonamides is 1. The lowest BCUT2D eigenvalue weighted by Crippen LogP contribution is -2.23. The first kappa shape index (κ1) is 57.2. The largest absolute Gasteiger partial charge is 0.505 e. The Morgan fingerprint density at radius 3 is 1.92 bits per heavy atom. The third-order valence-electron chi connectivity index (χ3n) is 10.00. The summed E-state index contributed by atoms with van der Waals surface area (Å²) in [6.45, 7) is 2.50. The van der Waals surface area contributed by atoms with E-state index in [4.69, 9.17) is 20.4 Å². The number of nitrogens with one attached hydrogen (secondary N) is 1. The van der Waals surface area contributed by atoms with Crippen LogP contribution in [0.15, 0.2) is 139 Å². The van der Waals surface area contributed by atoms with Gasteiger partial charge in [0.2, 0.25) is 5.88 Å². The zero-order chi connectivity index (χ0) is 55.0. The first-order chi connectivity index (χ1) is 35.4. The van der Waals surface area contributed by atoms with Gasteiger partial charge in [-0.1, -0.05) is 10.1 Å². The van der Waals surface area contributed by atoms with Crippen LogP contribution in [0.25, 0.3) is 10.8 Å². The summed E-state index contributed by atoms with van der Waals surface area (Å²) in [6.07, 6.45) is 0. The van der Waals surface area contributed by atoms with Crippen LogP contribution in [0, 0.1) is 18.3 Å². The topological polar surface area (TPSA) is 462 Å². The normalized spacial score (nSPS) is 12.6. The van der Waals surface area contributed by atoms with Gasteiger partial charge in [-0.25, -0.2) is 27.4 Å². The molecule has 0 radical (unpaired) electrons. The predicted octanol–water partition coefficient (Wildman–Crippen LogP) is 7.94. The Labute approximate surface area is 431 Å². The minimum atomic E-state index is -5.26. The first-order valence-corrected chi connectivity index (χ1v) is 27.5. The van der Waals surface area contributed by atoms with E-state index in [1.807, 2.05) is 0 Å². The minimum absolute atomic E-state index is 0.0500. The van der Waals surface area contributed by atoms with Gasteiger partial charge in [-0.05, 0) is 98.1 Å². The van der Waals surface area contributed by atoms with Gasteiger partial charge in [-0.3, -0.25) is 27.4 Å². The molecule has 30 nitrogen and oxygen atoms in total.